The van der Waals surface area contributed by atoms with Crippen molar-refractivity contribution in [3.8, 4) is 22.8 Å². The van der Waals surface area contributed by atoms with Crippen LogP contribution in [0.4, 0.5) is 4.39 Å². The SMILES string of the molecule is COc1ccc(-c2oc3cc(C)cc(C)c3c(=O)c2OCc2ccccc2F)cc1. The van der Waals surface area contributed by atoms with Gasteiger partial charge >= 0.3 is 0 Å². The molecule has 0 amide bonds. The molecule has 0 radical (unpaired) electrons. The van der Waals surface area contributed by atoms with Crippen LogP contribution >= 0.6 is 0 Å². The number of rotatable bonds is 5. The molecule has 152 valence electrons. The number of aryl methyl sites for hydroxylation is 2. The summed E-state index contributed by atoms with van der Waals surface area (Å²) in [6.07, 6.45) is 0. The molecule has 0 bridgehead atoms. The van der Waals surface area contributed by atoms with Crippen LogP contribution in [0.1, 0.15) is 16.7 Å². The summed E-state index contributed by atoms with van der Waals surface area (Å²) in [7, 11) is 1.58. The maximum absolute atomic E-state index is 14.1. The molecule has 30 heavy (non-hydrogen) atoms. The molecule has 0 aliphatic carbocycles. The van der Waals surface area contributed by atoms with Crippen molar-refractivity contribution in [2.75, 3.05) is 7.11 Å². The summed E-state index contributed by atoms with van der Waals surface area (Å²) in [5, 5.41) is 0.460. The quantitative estimate of drug-likeness (QED) is 0.422. The van der Waals surface area contributed by atoms with Crippen molar-refractivity contribution in [1.82, 2.24) is 0 Å². The Balaban J connectivity index is 1.89. The van der Waals surface area contributed by atoms with Crippen LogP contribution < -0.4 is 14.9 Å². The predicted molar refractivity (Wildman–Crippen MR) is 115 cm³/mol. The lowest BCUT2D eigenvalue weighted by Crippen LogP contribution is -2.12. The lowest BCUT2D eigenvalue weighted by Gasteiger charge is -2.14. The maximum Gasteiger partial charge on any atom is 0.235 e. The zero-order chi connectivity index (χ0) is 21.3. The molecule has 0 atom stereocenters. The molecule has 4 nitrogen and oxygen atoms in total. The minimum absolute atomic E-state index is 0.0582. The summed E-state index contributed by atoms with van der Waals surface area (Å²) in [5.74, 6) is 0.655. The van der Waals surface area contributed by atoms with Gasteiger partial charge in [-0.15, -0.1) is 0 Å². The first-order valence-electron chi connectivity index (χ1n) is 9.56. The molecule has 0 saturated carbocycles. The molecule has 0 spiro atoms. The third-order valence-electron chi connectivity index (χ3n) is 4.98. The molecule has 4 aromatic rings. The molecule has 0 aliphatic rings. The van der Waals surface area contributed by atoms with Gasteiger partial charge in [-0.25, -0.2) is 4.39 Å². The zero-order valence-electron chi connectivity index (χ0n) is 17.0. The Bertz CT molecular complexity index is 1270. The Kier molecular flexibility index (Phi) is 5.27. The average Bonchev–Trinajstić information content (AvgIpc) is 2.73. The fourth-order valence-corrected chi connectivity index (χ4v) is 3.50. The van der Waals surface area contributed by atoms with Gasteiger partial charge in [0, 0.05) is 11.1 Å². The second kappa shape index (κ2) is 8.03. The largest absolute Gasteiger partial charge is 0.497 e. The minimum atomic E-state index is -0.388. The van der Waals surface area contributed by atoms with Gasteiger partial charge in [0.2, 0.25) is 11.2 Å². The standard InChI is InChI=1S/C25H21FO4/c1-15-12-16(2)22-21(13-15)30-24(17-8-10-19(28-3)11-9-17)25(23(22)27)29-14-18-6-4-5-7-20(18)26/h4-13H,14H2,1-3H3. The summed E-state index contributed by atoms with van der Waals surface area (Å²) in [6, 6.07) is 17.2. The van der Waals surface area contributed by atoms with Crippen molar-refractivity contribution in [3.63, 3.8) is 0 Å². The Morgan fingerprint density at radius 2 is 1.73 bits per heavy atom. The number of hydrogen-bond donors (Lipinski definition) is 0. The summed E-state index contributed by atoms with van der Waals surface area (Å²) < 4.78 is 31.3. The van der Waals surface area contributed by atoms with E-state index in [0.717, 1.165) is 11.1 Å². The fourth-order valence-electron chi connectivity index (χ4n) is 3.50. The van der Waals surface area contributed by atoms with E-state index in [9.17, 15) is 9.18 Å². The van der Waals surface area contributed by atoms with E-state index in [-0.39, 0.29) is 23.6 Å². The molecule has 4 rings (SSSR count). The number of fused-ring (bicyclic) bond motifs is 1. The predicted octanol–water partition coefficient (Wildman–Crippen LogP) is 5.80. The molecule has 0 fully saturated rings. The fraction of sp³-hybridized carbons (Fsp3) is 0.160. The zero-order valence-corrected chi connectivity index (χ0v) is 17.0. The normalized spacial score (nSPS) is 10.9. The van der Waals surface area contributed by atoms with Crippen LogP contribution in [0.15, 0.2) is 69.9 Å². The van der Waals surface area contributed by atoms with Crippen molar-refractivity contribution in [3.05, 3.63) is 93.4 Å². The molecular formula is C25H21FO4. The van der Waals surface area contributed by atoms with Gasteiger partial charge in [0.25, 0.3) is 0 Å². The number of halogens is 1. The first kappa shape index (κ1) is 19.7. The van der Waals surface area contributed by atoms with Crippen molar-refractivity contribution in [2.24, 2.45) is 0 Å². The van der Waals surface area contributed by atoms with Crippen LogP contribution in [0.5, 0.6) is 11.5 Å². The van der Waals surface area contributed by atoms with Crippen molar-refractivity contribution in [1.29, 1.82) is 0 Å². The minimum Gasteiger partial charge on any atom is -0.497 e. The molecule has 0 N–H and O–H groups in total. The van der Waals surface area contributed by atoms with Crippen LogP contribution in [0.2, 0.25) is 0 Å². The van der Waals surface area contributed by atoms with Crippen LogP contribution in [0, 0.1) is 19.7 Å². The Morgan fingerprint density at radius 1 is 1.00 bits per heavy atom. The van der Waals surface area contributed by atoms with Gasteiger partial charge in [0.05, 0.1) is 12.5 Å². The Labute approximate surface area is 173 Å². The van der Waals surface area contributed by atoms with Gasteiger partial charge in [0.15, 0.2) is 5.76 Å². The number of benzene rings is 3. The highest BCUT2D eigenvalue weighted by atomic mass is 19.1. The molecule has 5 heteroatoms. The van der Waals surface area contributed by atoms with Crippen LogP contribution in [0.25, 0.3) is 22.3 Å². The monoisotopic (exact) mass is 404 g/mol. The van der Waals surface area contributed by atoms with E-state index >= 15 is 0 Å². The van der Waals surface area contributed by atoms with Crippen LogP contribution in [-0.4, -0.2) is 7.11 Å². The molecule has 1 heterocycles. The van der Waals surface area contributed by atoms with E-state index < -0.39 is 0 Å². The number of methoxy groups -OCH3 is 1. The molecule has 0 aliphatic heterocycles. The van der Waals surface area contributed by atoms with E-state index in [2.05, 4.69) is 0 Å². The highest BCUT2D eigenvalue weighted by molar-refractivity contribution is 5.85. The highest BCUT2D eigenvalue weighted by Crippen LogP contribution is 2.33. The van der Waals surface area contributed by atoms with Gasteiger partial charge in [-0.2, -0.15) is 0 Å². The molecule has 0 saturated heterocycles. The van der Waals surface area contributed by atoms with Crippen molar-refractivity contribution >= 4 is 11.0 Å². The third kappa shape index (κ3) is 3.66. The van der Waals surface area contributed by atoms with E-state index in [1.165, 1.54) is 6.07 Å². The van der Waals surface area contributed by atoms with Gasteiger partial charge in [-0.05, 0) is 61.4 Å². The maximum atomic E-state index is 14.1. The number of ether oxygens (including phenoxy) is 2. The second-order valence-corrected chi connectivity index (χ2v) is 7.15. The van der Waals surface area contributed by atoms with E-state index in [1.54, 1.807) is 49.6 Å². The first-order chi connectivity index (χ1) is 14.5. The second-order valence-electron chi connectivity index (χ2n) is 7.15. The van der Waals surface area contributed by atoms with Gasteiger partial charge in [-0.1, -0.05) is 24.3 Å². The van der Waals surface area contributed by atoms with Crippen LogP contribution in [-0.2, 0) is 6.61 Å². The molecule has 1 aromatic heterocycles. The lowest BCUT2D eigenvalue weighted by atomic mass is 10.0. The van der Waals surface area contributed by atoms with E-state index in [4.69, 9.17) is 13.9 Å². The van der Waals surface area contributed by atoms with Crippen LogP contribution in [0.3, 0.4) is 0 Å². The highest BCUT2D eigenvalue weighted by Gasteiger charge is 2.20. The smallest absolute Gasteiger partial charge is 0.235 e. The molecule has 3 aromatic carbocycles. The summed E-state index contributed by atoms with van der Waals surface area (Å²) >= 11 is 0. The first-order valence-corrected chi connectivity index (χ1v) is 9.56. The Morgan fingerprint density at radius 3 is 2.43 bits per heavy atom. The molecule has 0 unspecified atom stereocenters. The van der Waals surface area contributed by atoms with Gasteiger partial charge in [0.1, 0.15) is 23.8 Å². The molecular weight excluding hydrogens is 383 g/mol. The summed E-state index contributed by atoms with van der Waals surface area (Å²) in [4.78, 5) is 13.4. The average molecular weight is 404 g/mol. The third-order valence-corrected chi connectivity index (χ3v) is 4.98. The lowest BCUT2D eigenvalue weighted by molar-refractivity contribution is 0.292. The summed E-state index contributed by atoms with van der Waals surface area (Å²) in [5.41, 5.74) is 3.02. The number of hydrogen-bond acceptors (Lipinski definition) is 4. The summed E-state index contributed by atoms with van der Waals surface area (Å²) in [6.45, 7) is 3.72. The van der Waals surface area contributed by atoms with E-state index in [1.807, 2.05) is 26.0 Å². The van der Waals surface area contributed by atoms with Gasteiger partial charge in [-0.3, -0.25) is 4.79 Å². The van der Waals surface area contributed by atoms with Crippen molar-refractivity contribution < 1.29 is 18.3 Å². The van der Waals surface area contributed by atoms with Gasteiger partial charge < -0.3 is 13.9 Å². The Hall–Kier alpha value is -3.60. The topological polar surface area (TPSA) is 48.7 Å². The van der Waals surface area contributed by atoms with Crippen molar-refractivity contribution in [2.45, 2.75) is 20.5 Å². The van der Waals surface area contributed by atoms with E-state index in [0.29, 0.717) is 33.6 Å².